The van der Waals surface area contributed by atoms with Crippen molar-refractivity contribution in [2.24, 2.45) is 0 Å². The second kappa shape index (κ2) is 6.48. The van der Waals surface area contributed by atoms with E-state index in [0.717, 1.165) is 22.6 Å². The molecule has 4 nitrogen and oxygen atoms in total. The first-order chi connectivity index (χ1) is 10.6. The van der Waals surface area contributed by atoms with E-state index in [1.54, 1.807) is 11.8 Å². The zero-order chi connectivity index (χ0) is 15.5. The predicted octanol–water partition coefficient (Wildman–Crippen LogP) is 3.13. The lowest BCUT2D eigenvalue weighted by molar-refractivity contribution is -0.128. The molecule has 114 valence electrons. The van der Waals surface area contributed by atoms with Gasteiger partial charge in [0.15, 0.2) is 5.82 Å². The van der Waals surface area contributed by atoms with Gasteiger partial charge in [-0.05, 0) is 5.25 Å². The predicted molar refractivity (Wildman–Crippen MR) is 89.3 cm³/mol. The van der Waals surface area contributed by atoms with E-state index in [9.17, 15) is 4.79 Å². The molecule has 0 aliphatic carbocycles. The Kier molecular flexibility index (Phi) is 4.43. The molecule has 3 rings (SSSR count). The fourth-order valence-corrected chi connectivity index (χ4v) is 3.04. The summed E-state index contributed by atoms with van der Waals surface area (Å²) < 4.78 is 0. The molecule has 1 aromatic carbocycles. The third-order valence-electron chi connectivity index (χ3n) is 3.58. The minimum absolute atomic E-state index is 0.179. The van der Waals surface area contributed by atoms with E-state index in [-0.39, 0.29) is 5.91 Å². The lowest BCUT2D eigenvalue weighted by Gasteiger charge is -2.15. The standard InChI is InChI=1S/C17H19N3OS/c1-12(2)22-11-16(21)20-9-14-8-18-17(19-15(14)10-20)13-6-4-3-5-7-13/h3-8,12H,9-11H2,1-2H3. The molecule has 0 radical (unpaired) electrons. The summed E-state index contributed by atoms with van der Waals surface area (Å²) in [6, 6.07) is 9.93. The third kappa shape index (κ3) is 3.30. The van der Waals surface area contributed by atoms with Gasteiger partial charge in [0, 0.05) is 23.9 Å². The van der Waals surface area contributed by atoms with Crippen LogP contribution in [0.1, 0.15) is 25.1 Å². The smallest absolute Gasteiger partial charge is 0.233 e. The van der Waals surface area contributed by atoms with Gasteiger partial charge in [-0.25, -0.2) is 9.97 Å². The normalized spacial score (nSPS) is 13.5. The highest BCUT2D eigenvalue weighted by atomic mass is 32.2. The number of benzene rings is 1. The minimum atomic E-state index is 0.179. The van der Waals surface area contributed by atoms with Gasteiger partial charge in [-0.2, -0.15) is 0 Å². The second-order valence-corrected chi connectivity index (χ2v) is 7.21. The van der Waals surface area contributed by atoms with Crippen molar-refractivity contribution in [1.82, 2.24) is 14.9 Å². The average molecular weight is 313 g/mol. The highest BCUT2D eigenvalue weighted by molar-refractivity contribution is 8.00. The Morgan fingerprint density at radius 3 is 2.77 bits per heavy atom. The summed E-state index contributed by atoms with van der Waals surface area (Å²) in [6.45, 7) is 5.43. The van der Waals surface area contributed by atoms with Crippen molar-refractivity contribution in [3.63, 3.8) is 0 Å². The number of nitrogens with zero attached hydrogens (tertiary/aromatic N) is 3. The second-order valence-electron chi connectivity index (χ2n) is 5.64. The maximum Gasteiger partial charge on any atom is 0.233 e. The summed E-state index contributed by atoms with van der Waals surface area (Å²) in [5.74, 6) is 1.44. The molecule has 0 atom stereocenters. The number of hydrogen-bond acceptors (Lipinski definition) is 4. The molecule has 1 aliphatic rings. The molecular weight excluding hydrogens is 294 g/mol. The molecule has 1 aliphatic heterocycles. The van der Waals surface area contributed by atoms with Gasteiger partial charge >= 0.3 is 0 Å². The zero-order valence-corrected chi connectivity index (χ0v) is 13.6. The molecule has 0 fully saturated rings. The summed E-state index contributed by atoms with van der Waals surface area (Å²) in [5, 5.41) is 0.471. The van der Waals surface area contributed by atoms with Gasteiger partial charge in [0.1, 0.15) is 0 Å². The number of carbonyl (C=O) groups is 1. The van der Waals surface area contributed by atoms with Gasteiger partial charge < -0.3 is 4.90 Å². The molecule has 0 bridgehead atoms. The van der Waals surface area contributed by atoms with E-state index in [4.69, 9.17) is 0 Å². The Bertz CT molecular complexity index is 673. The lowest BCUT2D eigenvalue weighted by atomic mass is 10.2. The van der Waals surface area contributed by atoms with E-state index in [1.807, 2.05) is 41.4 Å². The van der Waals surface area contributed by atoms with Crippen molar-refractivity contribution in [1.29, 1.82) is 0 Å². The highest BCUT2D eigenvalue weighted by Crippen LogP contribution is 2.24. The molecule has 2 heterocycles. The molecule has 5 heteroatoms. The lowest BCUT2D eigenvalue weighted by Crippen LogP contribution is -2.27. The number of thioether (sulfide) groups is 1. The van der Waals surface area contributed by atoms with Crippen LogP contribution in [0.15, 0.2) is 36.5 Å². The van der Waals surface area contributed by atoms with Gasteiger partial charge in [-0.3, -0.25) is 4.79 Å². The number of amides is 1. The largest absolute Gasteiger partial charge is 0.332 e. The molecule has 0 saturated carbocycles. The Labute approximate surface area is 135 Å². The molecule has 0 N–H and O–H groups in total. The van der Waals surface area contributed by atoms with Crippen LogP contribution in [-0.2, 0) is 17.9 Å². The fourth-order valence-electron chi connectivity index (χ4n) is 2.39. The Morgan fingerprint density at radius 1 is 1.27 bits per heavy atom. The number of fused-ring (bicyclic) bond motifs is 1. The van der Waals surface area contributed by atoms with Gasteiger partial charge in [0.05, 0.1) is 18.0 Å². The van der Waals surface area contributed by atoms with E-state index in [1.165, 1.54) is 0 Å². The van der Waals surface area contributed by atoms with Crippen LogP contribution in [0.25, 0.3) is 11.4 Å². The number of carbonyl (C=O) groups excluding carboxylic acids is 1. The Morgan fingerprint density at radius 2 is 2.05 bits per heavy atom. The van der Waals surface area contributed by atoms with Crippen LogP contribution in [0.5, 0.6) is 0 Å². The summed E-state index contributed by atoms with van der Waals surface area (Å²) >= 11 is 1.68. The highest BCUT2D eigenvalue weighted by Gasteiger charge is 2.25. The Hall–Kier alpha value is -1.88. The van der Waals surface area contributed by atoms with Crippen LogP contribution in [0.4, 0.5) is 0 Å². The van der Waals surface area contributed by atoms with Crippen molar-refractivity contribution in [2.45, 2.75) is 32.2 Å². The maximum absolute atomic E-state index is 12.2. The monoisotopic (exact) mass is 313 g/mol. The third-order valence-corrected chi connectivity index (χ3v) is 4.66. The number of hydrogen-bond donors (Lipinski definition) is 0. The van der Waals surface area contributed by atoms with E-state index in [2.05, 4.69) is 23.8 Å². The van der Waals surface area contributed by atoms with Crippen LogP contribution >= 0.6 is 11.8 Å². The van der Waals surface area contributed by atoms with E-state index >= 15 is 0 Å². The molecular formula is C17H19N3OS. The molecule has 0 saturated heterocycles. The molecule has 0 unspecified atom stereocenters. The summed E-state index contributed by atoms with van der Waals surface area (Å²) in [6.07, 6.45) is 1.85. The first-order valence-corrected chi connectivity index (χ1v) is 8.48. The summed E-state index contributed by atoms with van der Waals surface area (Å²) in [5.41, 5.74) is 3.03. The Balaban J connectivity index is 1.73. The van der Waals surface area contributed by atoms with Crippen LogP contribution in [0.3, 0.4) is 0 Å². The molecule has 22 heavy (non-hydrogen) atoms. The van der Waals surface area contributed by atoms with Crippen molar-refractivity contribution in [3.05, 3.63) is 47.8 Å². The number of rotatable bonds is 4. The topological polar surface area (TPSA) is 46.1 Å². The van der Waals surface area contributed by atoms with Crippen molar-refractivity contribution >= 4 is 17.7 Å². The van der Waals surface area contributed by atoms with Crippen molar-refractivity contribution < 1.29 is 4.79 Å². The SMILES string of the molecule is CC(C)SCC(=O)N1Cc2cnc(-c3ccccc3)nc2C1. The quantitative estimate of drug-likeness (QED) is 0.870. The first-order valence-electron chi connectivity index (χ1n) is 7.43. The summed E-state index contributed by atoms with van der Waals surface area (Å²) in [7, 11) is 0. The number of aromatic nitrogens is 2. The molecule has 1 amide bonds. The minimum Gasteiger partial charge on any atom is -0.332 e. The van der Waals surface area contributed by atoms with E-state index < -0.39 is 0 Å². The van der Waals surface area contributed by atoms with Crippen LogP contribution < -0.4 is 0 Å². The first kappa shape index (κ1) is 15.0. The fraction of sp³-hybridized carbons (Fsp3) is 0.353. The van der Waals surface area contributed by atoms with E-state index in [0.29, 0.717) is 24.1 Å². The van der Waals surface area contributed by atoms with Gasteiger partial charge in [0.25, 0.3) is 0 Å². The van der Waals surface area contributed by atoms with Crippen molar-refractivity contribution in [2.75, 3.05) is 5.75 Å². The van der Waals surface area contributed by atoms with Gasteiger partial charge in [0.2, 0.25) is 5.91 Å². The van der Waals surface area contributed by atoms with Crippen LogP contribution in [0, 0.1) is 0 Å². The zero-order valence-electron chi connectivity index (χ0n) is 12.8. The molecule has 0 spiro atoms. The maximum atomic E-state index is 12.2. The average Bonchev–Trinajstić information content (AvgIpc) is 2.96. The van der Waals surface area contributed by atoms with Crippen molar-refractivity contribution in [3.8, 4) is 11.4 Å². The molecule has 1 aromatic heterocycles. The van der Waals surface area contributed by atoms with Gasteiger partial charge in [-0.1, -0.05) is 44.2 Å². The summed E-state index contributed by atoms with van der Waals surface area (Å²) in [4.78, 5) is 23.2. The molecule has 2 aromatic rings. The van der Waals surface area contributed by atoms with Gasteiger partial charge in [-0.15, -0.1) is 11.8 Å². The van der Waals surface area contributed by atoms with Crippen LogP contribution in [-0.4, -0.2) is 31.8 Å². The van der Waals surface area contributed by atoms with Crippen LogP contribution in [0.2, 0.25) is 0 Å².